The predicted molar refractivity (Wildman–Crippen MR) is 112 cm³/mol. The molecule has 7 heteroatoms. The summed E-state index contributed by atoms with van der Waals surface area (Å²) in [7, 11) is 0. The van der Waals surface area contributed by atoms with Crippen LogP contribution in [0.15, 0.2) is 58.8 Å². The minimum atomic E-state index is -0.498. The number of hydrogen-bond acceptors (Lipinski definition) is 6. The molecule has 0 bridgehead atoms. The minimum Gasteiger partial charge on any atom is -0.469 e. The van der Waals surface area contributed by atoms with Crippen molar-refractivity contribution in [1.82, 2.24) is 15.1 Å². The quantitative estimate of drug-likeness (QED) is 0.569. The molecule has 0 atom stereocenters. The first-order chi connectivity index (χ1) is 14.3. The molecule has 1 amide bonds. The van der Waals surface area contributed by atoms with E-state index in [-0.39, 0.29) is 11.9 Å². The zero-order chi connectivity index (χ0) is 21.3. The molecule has 3 aliphatic heterocycles. The molecule has 0 saturated heterocycles. The number of esters is 1. The highest BCUT2D eigenvalue weighted by atomic mass is 16.6. The van der Waals surface area contributed by atoms with Crippen LogP contribution in [0.3, 0.4) is 0 Å². The average Bonchev–Trinajstić information content (AvgIpc) is 3.16. The van der Waals surface area contributed by atoms with Crippen molar-refractivity contribution >= 4 is 11.9 Å². The number of carbonyl (C=O) groups excluding carboxylic acids is 2. The van der Waals surface area contributed by atoms with Gasteiger partial charge in [0.2, 0.25) is 0 Å². The molecule has 0 unspecified atom stereocenters. The molecular weight excluding hydrogens is 382 g/mol. The molecule has 1 N–H and O–H groups in total. The average molecular weight is 412 g/mol. The van der Waals surface area contributed by atoms with Crippen LogP contribution in [0.5, 0.6) is 0 Å². The molecule has 0 fully saturated rings. The van der Waals surface area contributed by atoms with Crippen LogP contribution in [0.2, 0.25) is 0 Å². The van der Waals surface area contributed by atoms with E-state index in [0.717, 1.165) is 36.5 Å². The summed E-state index contributed by atoms with van der Waals surface area (Å²) in [4.78, 5) is 29.0. The molecule has 0 spiro atoms. The minimum absolute atomic E-state index is 0.0577. The second-order valence-electron chi connectivity index (χ2n) is 8.80. The summed E-state index contributed by atoms with van der Waals surface area (Å²) in [6, 6.07) is 0. The SMILES string of the molecule is CC(C)(C)OC(=O)C1=CC=C(N2COC3=C2NCC(C(=O)N2CC=CCC2)=C3)CC1. The Hall–Kier alpha value is -2.96. The second kappa shape index (κ2) is 8.05. The van der Waals surface area contributed by atoms with Crippen LogP contribution in [0, 0.1) is 0 Å². The molecule has 0 saturated carbocycles. The molecule has 3 heterocycles. The van der Waals surface area contributed by atoms with E-state index in [0.29, 0.717) is 37.6 Å². The first-order valence-electron chi connectivity index (χ1n) is 10.5. The number of nitrogens with one attached hydrogen (secondary N) is 1. The number of dihydropyridines is 1. The van der Waals surface area contributed by atoms with E-state index in [9.17, 15) is 9.59 Å². The first kappa shape index (κ1) is 20.3. The van der Waals surface area contributed by atoms with E-state index < -0.39 is 5.60 Å². The van der Waals surface area contributed by atoms with Crippen LogP contribution in [0.4, 0.5) is 0 Å². The summed E-state index contributed by atoms with van der Waals surface area (Å²) in [5, 5.41) is 3.36. The molecule has 0 aromatic carbocycles. The van der Waals surface area contributed by atoms with Gasteiger partial charge < -0.3 is 19.7 Å². The van der Waals surface area contributed by atoms with Gasteiger partial charge in [-0.1, -0.05) is 18.2 Å². The number of nitrogens with zero attached hydrogens (tertiary/aromatic N) is 2. The van der Waals surface area contributed by atoms with Crippen molar-refractivity contribution < 1.29 is 19.1 Å². The fourth-order valence-electron chi connectivity index (χ4n) is 3.84. The summed E-state index contributed by atoms with van der Waals surface area (Å²) < 4.78 is 11.3. The summed E-state index contributed by atoms with van der Waals surface area (Å²) in [5.74, 6) is 1.37. The Morgan fingerprint density at radius 2 is 1.97 bits per heavy atom. The van der Waals surface area contributed by atoms with Gasteiger partial charge in [0.1, 0.15) is 5.60 Å². The third-order valence-electron chi connectivity index (χ3n) is 5.36. The van der Waals surface area contributed by atoms with Crippen LogP contribution >= 0.6 is 0 Å². The van der Waals surface area contributed by atoms with Gasteiger partial charge in [0.25, 0.3) is 5.91 Å². The van der Waals surface area contributed by atoms with E-state index in [2.05, 4.69) is 16.3 Å². The molecule has 0 radical (unpaired) electrons. The third-order valence-corrected chi connectivity index (χ3v) is 5.36. The summed E-state index contributed by atoms with van der Waals surface area (Å²) in [5.41, 5.74) is 1.98. The maximum Gasteiger partial charge on any atom is 0.334 e. The van der Waals surface area contributed by atoms with Gasteiger partial charge in [0, 0.05) is 36.5 Å². The molecule has 0 aromatic rings. The molecule has 4 rings (SSSR count). The zero-order valence-electron chi connectivity index (χ0n) is 17.9. The van der Waals surface area contributed by atoms with E-state index in [1.807, 2.05) is 50.0 Å². The zero-order valence-corrected chi connectivity index (χ0v) is 17.9. The van der Waals surface area contributed by atoms with Crippen molar-refractivity contribution in [2.45, 2.75) is 45.6 Å². The van der Waals surface area contributed by atoms with E-state index in [1.165, 1.54) is 0 Å². The molecule has 160 valence electrons. The fraction of sp³-hybridized carbons (Fsp3) is 0.478. The number of rotatable bonds is 3. The fourth-order valence-corrected chi connectivity index (χ4v) is 3.84. The van der Waals surface area contributed by atoms with Gasteiger partial charge in [-0.15, -0.1) is 0 Å². The van der Waals surface area contributed by atoms with Crippen molar-refractivity contribution in [1.29, 1.82) is 0 Å². The number of amides is 1. The Kier molecular flexibility index (Phi) is 5.45. The number of allylic oxidation sites excluding steroid dienone is 4. The first-order valence-corrected chi connectivity index (χ1v) is 10.5. The maximum absolute atomic E-state index is 12.8. The molecule has 0 aromatic heterocycles. The highest BCUT2D eigenvalue weighted by molar-refractivity contribution is 5.95. The molecule has 30 heavy (non-hydrogen) atoms. The third kappa shape index (κ3) is 4.30. The molecular formula is C23H29N3O4. The second-order valence-corrected chi connectivity index (χ2v) is 8.80. The smallest absolute Gasteiger partial charge is 0.334 e. The van der Waals surface area contributed by atoms with Crippen molar-refractivity contribution in [2.75, 3.05) is 26.4 Å². The Balaban J connectivity index is 1.46. The van der Waals surface area contributed by atoms with Gasteiger partial charge in [-0.3, -0.25) is 9.69 Å². The van der Waals surface area contributed by atoms with Crippen LogP contribution < -0.4 is 5.32 Å². The van der Waals surface area contributed by atoms with Crippen LogP contribution in [0.25, 0.3) is 0 Å². The van der Waals surface area contributed by atoms with E-state index in [4.69, 9.17) is 9.47 Å². The van der Waals surface area contributed by atoms with E-state index in [1.54, 1.807) is 0 Å². The number of carbonyl (C=O) groups is 2. The predicted octanol–water partition coefficient (Wildman–Crippen LogP) is 2.71. The van der Waals surface area contributed by atoms with Crippen LogP contribution in [0.1, 0.15) is 40.0 Å². The maximum atomic E-state index is 12.8. The Morgan fingerprint density at radius 3 is 2.63 bits per heavy atom. The lowest BCUT2D eigenvalue weighted by molar-refractivity contribution is -0.150. The van der Waals surface area contributed by atoms with Crippen LogP contribution in [-0.4, -0.2) is 53.6 Å². The standard InChI is InChI=1S/C23H29N3O4/c1-23(2,3)30-22(28)16-7-9-18(10-8-16)26-15-29-19-13-17(14-24-20(19)26)21(27)25-11-5-4-6-12-25/h4-5,7,9,13,24H,6,8,10-12,14-15H2,1-3H3. The summed E-state index contributed by atoms with van der Waals surface area (Å²) >= 11 is 0. The van der Waals surface area contributed by atoms with Gasteiger partial charge in [-0.2, -0.15) is 0 Å². The lowest BCUT2D eigenvalue weighted by Gasteiger charge is -2.29. The highest BCUT2D eigenvalue weighted by Crippen LogP contribution is 2.32. The molecule has 1 aliphatic carbocycles. The lowest BCUT2D eigenvalue weighted by Crippen LogP contribution is -2.39. The molecule has 7 nitrogen and oxygen atoms in total. The van der Waals surface area contributed by atoms with Crippen molar-refractivity contribution in [3.05, 3.63) is 58.8 Å². The highest BCUT2D eigenvalue weighted by Gasteiger charge is 2.32. The van der Waals surface area contributed by atoms with Gasteiger partial charge in [0.05, 0.1) is 0 Å². The van der Waals surface area contributed by atoms with Crippen molar-refractivity contribution in [3.8, 4) is 0 Å². The normalized spacial score (nSPS) is 21.2. The lowest BCUT2D eigenvalue weighted by atomic mass is 10.0. The topological polar surface area (TPSA) is 71.1 Å². The Morgan fingerprint density at radius 1 is 1.13 bits per heavy atom. The van der Waals surface area contributed by atoms with Crippen molar-refractivity contribution in [3.63, 3.8) is 0 Å². The van der Waals surface area contributed by atoms with E-state index >= 15 is 0 Å². The van der Waals surface area contributed by atoms with Crippen molar-refractivity contribution in [2.24, 2.45) is 0 Å². The van der Waals surface area contributed by atoms with Gasteiger partial charge >= 0.3 is 5.97 Å². The summed E-state index contributed by atoms with van der Waals surface area (Å²) in [6.45, 7) is 7.89. The molecule has 4 aliphatic rings. The van der Waals surface area contributed by atoms with Gasteiger partial charge in [-0.25, -0.2) is 4.79 Å². The Bertz CT molecular complexity index is 902. The Labute approximate surface area is 177 Å². The monoisotopic (exact) mass is 411 g/mol. The summed E-state index contributed by atoms with van der Waals surface area (Å²) in [6.07, 6.45) is 12.0. The number of ether oxygens (including phenoxy) is 2. The largest absolute Gasteiger partial charge is 0.469 e. The van der Waals surface area contributed by atoms with Gasteiger partial charge in [0.15, 0.2) is 18.3 Å². The van der Waals surface area contributed by atoms with Gasteiger partial charge in [-0.05, 0) is 52.2 Å². The number of hydrogen-bond donors (Lipinski definition) is 1. The van der Waals surface area contributed by atoms with Crippen LogP contribution in [-0.2, 0) is 19.1 Å².